The summed E-state index contributed by atoms with van der Waals surface area (Å²) in [5.41, 5.74) is -0.993. The van der Waals surface area contributed by atoms with Crippen molar-refractivity contribution in [2.45, 2.75) is 75.3 Å². The van der Waals surface area contributed by atoms with Crippen LogP contribution < -0.4 is 0 Å². The largest absolute Gasteiger partial charge is 0.459 e. The molecule has 0 amide bonds. The molecule has 4 heterocycles. The lowest BCUT2D eigenvalue weighted by Gasteiger charge is -2.30. The normalized spacial score (nSPS) is 25.4. The first-order valence-electron chi connectivity index (χ1n) is 12.3. The van der Waals surface area contributed by atoms with Gasteiger partial charge >= 0.3 is 0 Å². The zero-order valence-corrected chi connectivity index (χ0v) is 19.1. The smallest absolute Gasteiger partial charge is 0.259 e. The molecular formula is C27H28N2O5. The van der Waals surface area contributed by atoms with Crippen LogP contribution in [0, 0.1) is 0 Å². The van der Waals surface area contributed by atoms with Gasteiger partial charge in [-0.1, -0.05) is 38.5 Å². The quantitative estimate of drug-likeness (QED) is 0.533. The summed E-state index contributed by atoms with van der Waals surface area (Å²) in [6.45, 7) is 0. The Morgan fingerprint density at radius 1 is 0.706 bits per heavy atom. The van der Waals surface area contributed by atoms with E-state index in [4.69, 9.17) is 28.3 Å². The van der Waals surface area contributed by atoms with Gasteiger partial charge in [0, 0.05) is 12.2 Å². The van der Waals surface area contributed by atoms with Crippen LogP contribution in [-0.2, 0) is 14.3 Å². The molecule has 0 unspecified atom stereocenters. The van der Waals surface area contributed by atoms with Crippen LogP contribution in [0.3, 0.4) is 0 Å². The number of ketones is 1. The Morgan fingerprint density at radius 2 is 1.15 bits per heavy atom. The Bertz CT molecular complexity index is 1080. The first-order valence-corrected chi connectivity index (χ1v) is 12.3. The van der Waals surface area contributed by atoms with Crippen LogP contribution in [0.15, 0.2) is 79.3 Å². The summed E-state index contributed by atoms with van der Waals surface area (Å²) in [7, 11) is 0. The van der Waals surface area contributed by atoms with Crippen LogP contribution >= 0.6 is 0 Å². The molecule has 0 radical (unpaired) electrons. The summed E-state index contributed by atoms with van der Waals surface area (Å²) in [6, 6.07) is 7.27. The van der Waals surface area contributed by atoms with Crippen LogP contribution in [0.1, 0.15) is 75.7 Å². The minimum atomic E-state index is -0.497. The minimum absolute atomic E-state index is 0.174. The van der Waals surface area contributed by atoms with Crippen molar-refractivity contribution in [3.63, 3.8) is 0 Å². The number of ether oxygens (including phenoxy) is 2. The zero-order chi connectivity index (χ0) is 23.0. The molecule has 2 aromatic heterocycles. The number of hydrogen-bond acceptors (Lipinski definition) is 7. The molecular weight excluding hydrogens is 432 g/mol. The third-order valence-corrected chi connectivity index (χ3v) is 7.33. The van der Waals surface area contributed by atoms with Crippen molar-refractivity contribution in [2.24, 2.45) is 9.98 Å². The van der Waals surface area contributed by atoms with Crippen molar-refractivity contribution in [1.82, 2.24) is 0 Å². The fourth-order valence-corrected chi connectivity index (χ4v) is 5.57. The van der Waals surface area contributed by atoms with E-state index < -0.39 is 11.1 Å². The van der Waals surface area contributed by atoms with E-state index in [-0.39, 0.29) is 5.78 Å². The molecule has 34 heavy (non-hydrogen) atoms. The topological polar surface area (TPSA) is 86.5 Å². The van der Waals surface area contributed by atoms with Crippen LogP contribution in [0.4, 0.5) is 0 Å². The summed E-state index contributed by atoms with van der Waals surface area (Å²) >= 11 is 0. The van der Waals surface area contributed by atoms with E-state index in [9.17, 15) is 4.79 Å². The number of hydrogen-bond donors (Lipinski definition) is 0. The number of carbonyl (C=O) groups excluding carboxylic acids is 1. The van der Waals surface area contributed by atoms with E-state index in [2.05, 4.69) is 0 Å². The lowest BCUT2D eigenvalue weighted by atomic mass is 9.80. The van der Waals surface area contributed by atoms with E-state index in [1.807, 2.05) is 24.3 Å². The number of carbonyl (C=O) groups is 1. The maximum Gasteiger partial charge on any atom is 0.259 e. The van der Waals surface area contributed by atoms with Crippen molar-refractivity contribution in [1.29, 1.82) is 0 Å². The molecule has 0 atom stereocenters. The fraction of sp³-hybridized carbons (Fsp3) is 0.444. The second kappa shape index (κ2) is 8.46. The van der Waals surface area contributed by atoms with Crippen molar-refractivity contribution < 1.29 is 23.1 Å². The lowest BCUT2D eigenvalue weighted by Crippen LogP contribution is -2.30. The van der Waals surface area contributed by atoms with Crippen LogP contribution in [0.5, 0.6) is 0 Å². The standard InChI is InChI=1S/C27H28N2O5/c30-19(17-22-26(11-3-1-4-12-26)28-24(33-22)20-9-7-15-31-20)18-23-27(13-5-2-6-14-27)29-25(34-23)21-10-8-16-32-21/h7-10,15-18H,1-6,11-14H2/b22-17+,23-18+. The van der Waals surface area contributed by atoms with E-state index in [1.165, 1.54) is 12.8 Å². The summed E-state index contributed by atoms with van der Waals surface area (Å²) in [6.07, 6.45) is 16.4. The molecule has 2 spiro atoms. The van der Waals surface area contributed by atoms with Crippen molar-refractivity contribution in [3.8, 4) is 0 Å². The van der Waals surface area contributed by atoms with Gasteiger partial charge in [0.25, 0.3) is 11.8 Å². The maximum absolute atomic E-state index is 13.3. The van der Waals surface area contributed by atoms with Gasteiger partial charge < -0.3 is 18.3 Å². The molecule has 4 aliphatic rings. The molecule has 2 aliphatic heterocycles. The Morgan fingerprint density at radius 3 is 1.53 bits per heavy atom. The summed E-state index contributed by atoms with van der Waals surface area (Å²) in [4.78, 5) is 23.2. The highest BCUT2D eigenvalue weighted by molar-refractivity contribution is 6.03. The Hall–Kier alpha value is -3.35. The Labute approximate surface area is 198 Å². The van der Waals surface area contributed by atoms with Gasteiger partial charge in [0.2, 0.25) is 0 Å². The molecule has 2 aromatic rings. The van der Waals surface area contributed by atoms with Crippen molar-refractivity contribution in [3.05, 3.63) is 72.0 Å². The van der Waals surface area contributed by atoms with Gasteiger partial charge in [-0.2, -0.15) is 0 Å². The highest BCUT2D eigenvalue weighted by Gasteiger charge is 2.46. The highest BCUT2D eigenvalue weighted by atomic mass is 16.5. The average Bonchev–Trinajstić information content (AvgIpc) is 3.65. The second-order valence-corrected chi connectivity index (χ2v) is 9.60. The number of nitrogens with zero attached hydrogens (tertiary/aromatic N) is 2. The molecule has 2 aliphatic carbocycles. The summed E-state index contributed by atoms with van der Waals surface area (Å²) in [5.74, 6) is 3.08. The van der Waals surface area contributed by atoms with Gasteiger partial charge in [-0.05, 0) is 49.9 Å². The van der Waals surface area contributed by atoms with Gasteiger partial charge in [-0.3, -0.25) is 4.79 Å². The summed E-state index contributed by atoms with van der Waals surface area (Å²) in [5, 5.41) is 0. The molecule has 176 valence electrons. The molecule has 2 fully saturated rings. The van der Waals surface area contributed by atoms with Crippen molar-refractivity contribution in [2.75, 3.05) is 0 Å². The lowest BCUT2D eigenvalue weighted by molar-refractivity contribution is -0.110. The Balaban J connectivity index is 1.31. The number of furan rings is 2. The predicted molar refractivity (Wildman–Crippen MR) is 125 cm³/mol. The number of aliphatic imine (C=N–C) groups is 2. The predicted octanol–water partition coefficient (Wildman–Crippen LogP) is 5.87. The first-order chi connectivity index (χ1) is 16.7. The van der Waals surface area contributed by atoms with E-state index >= 15 is 0 Å². The van der Waals surface area contributed by atoms with Gasteiger partial charge in [-0.25, -0.2) is 9.98 Å². The van der Waals surface area contributed by atoms with Crippen LogP contribution in [0.25, 0.3) is 0 Å². The third-order valence-electron chi connectivity index (χ3n) is 7.33. The fourth-order valence-electron chi connectivity index (χ4n) is 5.57. The van der Waals surface area contributed by atoms with Gasteiger partial charge in [-0.15, -0.1) is 0 Å². The molecule has 6 rings (SSSR count). The molecule has 7 heteroatoms. The molecule has 7 nitrogen and oxygen atoms in total. The minimum Gasteiger partial charge on any atom is -0.459 e. The van der Waals surface area contributed by atoms with Gasteiger partial charge in [0.15, 0.2) is 17.3 Å². The molecule has 0 N–H and O–H groups in total. The van der Waals surface area contributed by atoms with Gasteiger partial charge in [0.05, 0.1) is 12.5 Å². The van der Waals surface area contributed by atoms with Gasteiger partial charge in [0.1, 0.15) is 22.6 Å². The van der Waals surface area contributed by atoms with E-state index in [0.29, 0.717) is 34.8 Å². The molecule has 0 aromatic carbocycles. The zero-order valence-electron chi connectivity index (χ0n) is 19.1. The molecule has 0 saturated heterocycles. The Kier molecular flexibility index (Phi) is 5.27. The summed E-state index contributed by atoms with van der Waals surface area (Å²) < 4.78 is 23.3. The monoisotopic (exact) mass is 460 g/mol. The highest BCUT2D eigenvalue weighted by Crippen LogP contribution is 2.45. The average molecular weight is 461 g/mol. The van der Waals surface area contributed by atoms with E-state index in [1.54, 1.807) is 24.7 Å². The molecule has 0 bridgehead atoms. The van der Waals surface area contributed by atoms with Crippen molar-refractivity contribution >= 4 is 17.6 Å². The molecule has 2 saturated carbocycles. The number of allylic oxidation sites excluding steroid dienone is 2. The van der Waals surface area contributed by atoms with E-state index in [0.717, 1.165) is 51.4 Å². The first kappa shape index (κ1) is 21.2. The number of rotatable bonds is 4. The third kappa shape index (κ3) is 3.73. The van der Waals surface area contributed by atoms with Crippen LogP contribution in [-0.4, -0.2) is 28.7 Å². The maximum atomic E-state index is 13.3. The van der Waals surface area contributed by atoms with Crippen LogP contribution in [0.2, 0.25) is 0 Å². The second-order valence-electron chi connectivity index (χ2n) is 9.60. The SMILES string of the molecule is O=C(/C=C1/OC(c2ccco2)=NC12CCCCC2)/C=C1/OC(c2ccco2)=NC12CCCCC2.